The second kappa shape index (κ2) is 5.99. The first kappa shape index (κ1) is 13.8. The number of benzene rings is 1. The predicted molar refractivity (Wildman–Crippen MR) is 75.7 cm³/mol. The molecule has 0 aliphatic carbocycles. The van der Waals surface area contributed by atoms with Crippen molar-refractivity contribution >= 4 is 0 Å². The lowest BCUT2D eigenvalue weighted by Crippen LogP contribution is -2.27. The molecule has 1 N–H and O–H groups in total. The predicted octanol–water partition coefficient (Wildman–Crippen LogP) is 2.15. The van der Waals surface area contributed by atoms with Crippen molar-refractivity contribution in [2.75, 3.05) is 13.6 Å². The van der Waals surface area contributed by atoms with E-state index in [1.165, 1.54) is 0 Å². The average molecular weight is 259 g/mol. The van der Waals surface area contributed by atoms with Gasteiger partial charge in [0.25, 0.3) is 0 Å². The summed E-state index contributed by atoms with van der Waals surface area (Å²) in [5.74, 6) is 0. The summed E-state index contributed by atoms with van der Waals surface area (Å²) in [6.45, 7) is 2.72. The van der Waals surface area contributed by atoms with Gasteiger partial charge < -0.3 is 5.11 Å². The minimum atomic E-state index is -0.467. The summed E-state index contributed by atoms with van der Waals surface area (Å²) in [6.07, 6.45) is 3.41. The van der Waals surface area contributed by atoms with Crippen LogP contribution in [0.25, 0.3) is 0 Å². The van der Waals surface area contributed by atoms with Crippen LogP contribution < -0.4 is 0 Å². The highest BCUT2D eigenvalue weighted by Crippen LogP contribution is 2.21. The SMILES string of the molecule is CC(c1cnn(C)c1)N(C)CC(O)c1ccccc1. The van der Waals surface area contributed by atoms with E-state index in [0.29, 0.717) is 6.54 Å². The standard InChI is InChI=1S/C15H21N3O/c1-12(14-9-16-18(3)10-14)17(2)11-15(19)13-7-5-4-6-8-13/h4-10,12,15,19H,11H2,1-3H3. The summed E-state index contributed by atoms with van der Waals surface area (Å²) in [6, 6.07) is 9.98. The fourth-order valence-corrected chi connectivity index (χ4v) is 2.12. The first-order valence-corrected chi connectivity index (χ1v) is 6.49. The maximum Gasteiger partial charge on any atom is 0.0917 e. The molecule has 0 radical (unpaired) electrons. The van der Waals surface area contributed by atoms with Crippen molar-refractivity contribution in [3.8, 4) is 0 Å². The summed E-state index contributed by atoms with van der Waals surface area (Å²) in [7, 11) is 3.93. The molecule has 1 aromatic heterocycles. The van der Waals surface area contributed by atoms with Gasteiger partial charge >= 0.3 is 0 Å². The van der Waals surface area contributed by atoms with Crippen LogP contribution in [0.5, 0.6) is 0 Å². The second-order valence-electron chi connectivity index (χ2n) is 4.99. The van der Waals surface area contributed by atoms with Gasteiger partial charge in [-0.3, -0.25) is 9.58 Å². The van der Waals surface area contributed by atoms with Crippen LogP contribution in [0.15, 0.2) is 42.7 Å². The van der Waals surface area contributed by atoms with Crippen molar-refractivity contribution in [2.45, 2.75) is 19.1 Å². The van der Waals surface area contributed by atoms with E-state index in [4.69, 9.17) is 0 Å². The van der Waals surface area contributed by atoms with Crippen LogP contribution >= 0.6 is 0 Å². The van der Waals surface area contributed by atoms with Crippen LogP contribution in [-0.2, 0) is 7.05 Å². The zero-order valence-corrected chi connectivity index (χ0v) is 11.7. The number of nitrogens with zero attached hydrogens (tertiary/aromatic N) is 3. The molecule has 0 saturated carbocycles. The molecule has 1 heterocycles. The van der Waals surface area contributed by atoms with E-state index >= 15 is 0 Å². The van der Waals surface area contributed by atoms with Gasteiger partial charge in [0.2, 0.25) is 0 Å². The normalized spacial score (nSPS) is 14.6. The van der Waals surface area contributed by atoms with E-state index in [-0.39, 0.29) is 6.04 Å². The Balaban J connectivity index is 1.99. The minimum absolute atomic E-state index is 0.229. The number of likely N-dealkylation sites (N-methyl/N-ethyl adjacent to an activating group) is 1. The van der Waals surface area contributed by atoms with Crippen LogP contribution in [0.3, 0.4) is 0 Å². The molecule has 1 aromatic carbocycles. The molecule has 0 amide bonds. The van der Waals surface area contributed by atoms with E-state index in [9.17, 15) is 5.11 Å². The maximum atomic E-state index is 10.2. The van der Waals surface area contributed by atoms with Gasteiger partial charge in [-0.15, -0.1) is 0 Å². The summed E-state index contributed by atoms with van der Waals surface area (Å²) in [4.78, 5) is 2.13. The van der Waals surface area contributed by atoms with Crippen LogP contribution in [0, 0.1) is 0 Å². The highest BCUT2D eigenvalue weighted by Gasteiger charge is 2.17. The van der Waals surface area contributed by atoms with Crippen LogP contribution in [-0.4, -0.2) is 33.4 Å². The third kappa shape index (κ3) is 3.43. The Morgan fingerprint density at radius 3 is 2.53 bits per heavy atom. The van der Waals surface area contributed by atoms with E-state index in [1.807, 2.05) is 56.8 Å². The number of aliphatic hydroxyl groups is 1. The molecule has 0 aliphatic heterocycles. The molecular weight excluding hydrogens is 238 g/mol. The maximum absolute atomic E-state index is 10.2. The Kier molecular flexibility index (Phi) is 4.35. The van der Waals surface area contributed by atoms with Crippen molar-refractivity contribution in [3.63, 3.8) is 0 Å². The van der Waals surface area contributed by atoms with Crippen molar-refractivity contribution in [1.29, 1.82) is 0 Å². The minimum Gasteiger partial charge on any atom is -0.387 e. The van der Waals surface area contributed by atoms with E-state index in [0.717, 1.165) is 11.1 Å². The second-order valence-corrected chi connectivity index (χ2v) is 4.99. The Bertz CT molecular complexity index is 509. The lowest BCUT2D eigenvalue weighted by Gasteiger charge is -2.26. The van der Waals surface area contributed by atoms with Gasteiger partial charge in [0, 0.05) is 31.4 Å². The van der Waals surface area contributed by atoms with E-state index < -0.39 is 6.10 Å². The van der Waals surface area contributed by atoms with Gasteiger partial charge in [0.1, 0.15) is 0 Å². The molecule has 2 rings (SSSR count). The third-order valence-corrected chi connectivity index (χ3v) is 3.51. The number of rotatable bonds is 5. The summed E-state index contributed by atoms with van der Waals surface area (Å²) >= 11 is 0. The quantitative estimate of drug-likeness (QED) is 0.894. The summed E-state index contributed by atoms with van der Waals surface area (Å²) in [5, 5.41) is 14.4. The fraction of sp³-hybridized carbons (Fsp3) is 0.400. The molecule has 2 unspecified atom stereocenters. The van der Waals surface area contributed by atoms with Gasteiger partial charge in [0.05, 0.1) is 12.3 Å². The Morgan fingerprint density at radius 1 is 1.26 bits per heavy atom. The van der Waals surface area contributed by atoms with Crippen molar-refractivity contribution in [3.05, 3.63) is 53.9 Å². The third-order valence-electron chi connectivity index (χ3n) is 3.51. The highest BCUT2D eigenvalue weighted by molar-refractivity contribution is 5.18. The molecule has 102 valence electrons. The van der Waals surface area contributed by atoms with Crippen molar-refractivity contribution in [1.82, 2.24) is 14.7 Å². The molecule has 4 heteroatoms. The molecule has 0 saturated heterocycles. The number of aryl methyl sites for hydroxylation is 1. The van der Waals surface area contributed by atoms with E-state index in [1.54, 1.807) is 4.68 Å². The first-order valence-electron chi connectivity index (χ1n) is 6.49. The summed E-state index contributed by atoms with van der Waals surface area (Å²) < 4.78 is 1.80. The monoisotopic (exact) mass is 259 g/mol. The van der Waals surface area contributed by atoms with Crippen LogP contribution in [0.2, 0.25) is 0 Å². The van der Waals surface area contributed by atoms with Crippen LogP contribution in [0.1, 0.15) is 30.2 Å². The first-order chi connectivity index (χ1) is 9.08. The number of aliphatic hydroxyl groups excluding tert-OH is 1. The molecular formula is C15H21N3O. The smallest absolute Gasteiger partial charge is 0.0917 e. The molecule has 2 atom stereocenters. The lowest BCUT2D eigenvalue weighted by molar-refractivity contribution is 0.108. The molecule has 0 aliphatic rings. The zero-order valence-electron chi connectivity index (χ0n) is 11.7. The van der Waals surface area contributed by atoms with Crippen molar-refractivity contribution < 1.29 is 5.11 Å². The number of hydrogen-bond donors (Lipinski definition) is 1. The van der Waals surface area contributed by atoms with Gasteiger partial charge in [-0.2, -0.15) is 5.10 Å². The van der Waals surface area contributed by atoms with Crippen LogP contribution in [0.4, 0.5) is 0 Å². The molecule has 0 spiro atoms. The Morgan fingerprint density at radius 2 is 1.95 bits per heavy atom. The number of hydrogen-bond acceptors (Lipinski definition) is 3. The van der Waals surface area contributed by atoms with Gasteiger partial charge in [-0.1, -0.05) is 30.3 Å². The molecule has 4 nitrogen and oxygen atoms in total. The van der Waals surface area contributed by atoms with Gasteiger partial charge in [-0.05, 0) is 19.5 Å². The van der Waals surface area contributed by atoms with E-state index in [2.05, 4.69) is 16.9 Å². The Labute approximate surface area is 114 Å². The summed E-state index contributed by atoms with van der Waals surface area (Å²) in [5.41, 5.74) is 2.11. The molecule has 19 heavy (non-hydrogen) atoms. The molecule has 0 fully saturated rings. The van der Waals surface area contributed by atoms with Gasteiger partial charge in [-0.25, -0.2) is 0 Å². The molecule has 2 aromatic rings. The van der Waals surface area contributed by atoms with Gasteiger partial charge in [0.15, 0.2) is 0 Å². The molecule has 0 bridgehead atoms. The fourth-order valence-electron chi connectivity index (χ4n) is 2.12. The topological polar surface area (TPSA) is 41.3 Å². The van der Waals surface area contributed by atoms with Crippen molar-refractivity contribution in [2.24, 2.45) is 7.05 Å². The number of aromatic nitrogens is 2. The highest BCUT2D eigenvalue weighted by atomic mass is 16.3. The zero-order chi connectivity index (χ0) is 13.8. The largest absolute Gasteiger partial charge is 0.387 e. The average Bonchev–Trinajstić information content (AvgIpc) is 2.85. The Hall–Kier alpha value is -1.65. The lowest BCUT2D eigenvalue weighted by atomic mass is 10.1.